The third-order valence-electron chi connectivity index (χ3n) is 3.08. The quantitative estimate of drug-likeness (QED) is 0.510. The number of rotatable bonds is 5. The van der Waals surface area contributed by atoms with Crippen molar-refractivity contribution < 1.29 is 13.9 Å². The minimum absolute atomic E-state index is 0.254. The van der Waals surface area contributed by atoms with Crippen molar-refractivity contribution in [3.8, 4) is 0 Å². The second-order valence-corrected chi connectivity index (χ2v) is 4.83. The molecule has 6 heteroatoms. The van der Waals surface area contributed by atoms with E-state index in [1.807, 2.05) is 11.9 Å². The summed E-state index contributed by atoms with van der Waals surface area (Å²) in [7, 11) is 4.92. The first kappa shape index (κ1) is 16.9. The van der Waals surface area contributed by atoms with Gasteiger partial charge in [0.1, 0.15) is 5.82 Å². The normalized spacial score (nSPS) is 12.7. The SMILES string of the molecule is CN=C(NCC(C)C(=O)OC)N(C)Cc1ccc(F)cc1. The van der Waals surface area contributed by atoms with Crippen LogP contribution in [0.15, 0.2) is 29.3 Å². The molecule has 0 saturated carbocycles. The molecule has 1 aromatic rings. The number of carbonyl (C=O) groups excluding carboxylic acids is 1. The van der Waals surface area contributed by atoms with Gasteiger partial charge in [0, 0.05) is 27.2 Å². The van der Waals surface area contributed by atoms with Crippen molar-refractivity contribution >= 4 is 11.9 Å². The Balaban J connectivity index is 2.55. The van der Waals surface area contributed by atoms with Gasteiger partial charge >= 0.3 is 5.97 Å². The zero-order chi connectivity index (χ0) is 15.8. The molecular weight excluding hydrogens is 273 g/mol. The van der Waals surface area contributed by atoms with E-state index >= 15 is 0 Å². The van der Waals surface area contributed by atoms with Crippen molar-refractivity contribution in [3.05, 3.63) is 35.6 Å². The molecule has 1 unspecified atom stereocenters. The van der Waals surface area contributed by atoms with E-state index in [2.05, 4.69) is 15.0 Å². The van der Waals surface area contributed by atoms with Crippen molar-refractivity contribution in [2.24, 2.45) is 10.9 Å². The number of esters is 1. The molecule has 0 amide bonds. The lowest BCUT2D eigenvalue weighted by Crippen LogP contribution is -2.41. The number of ether oxygens (including phenoxy) is 1. The molecule has 0 aromatic heterocycles. The van der Waals surface area contributed by atoms with Crippen LogP contribution in [0.2, 0.25) is 0 Å². The van der Waals surface area contributed by atoms with Gasteiger partial charge in [-0.3, -0.25) is 9.79 Å². The number of hydrogen-bond acceptors (Lipinski definition) is 3. The number of benzene rings is 1. The van der Waals surface area contributed by atoms with Gasteiger partial charge in [0.2, 0.25) is 0 Å². The number of guanidine groups is 1. The van der Waals surface area contributed by atoms with Gasteiger partial charge in [-0.25, -0.2) is 4.39 Å². The first-order valence-electron chi connectivity index (χ1n) is 6.72. The number of methoxy groups -OCH3 is 1. The second kappa shape index (κ2) is 8.24. The Morgan fingerprint density at radius 3 is 2.57 bits per heavy atom. The Morgan fingerprint density at radius 2 is 2.05 bits per heavy atom. The van der Waals surface area contributed by atoms with Gasteiger partial charge in [0.25, 0.3) is 0 Å². The average Bonchev–Trinajstić information content (AvgIpc) is 2.49. The fraction of sp³-hybridized carbons (Fsp3) is 0.467. The van der Waals surface area contributed by atoms with Crippen LogP contribution in [-0.4, -0.2) is 44.6 Å². The summed E-state index contributed by atoms with van der Waals surface area (Å²) in [5.74, 6) is -0.115. The van der Waals surface area contributed by atoms with Crippen molar-refractivity contribution in [2.45, 2.75) is 13.5 Å². The first-order valence-corrected chi connectivity index (χ1v) is 6.72. The lowest BCUT2D eigenvalue weighted by Gasteiger charge is -2.23. The van der Waals surface area contributed by atoms with Crippen LogP contribution >= 0.6 is 0 Å². The Labute approximate surface area is 124 Å². The van der Waals surface area contributed by atoms with Crippen molar-refractivity contribution in [2.75, 3.05) is 27.7 Å². The highest BCUT2D eigenvalue weighted by Gasteiger charge is 2.14. The van der Waals surface area contributed by atoms with E-state index in [1.165, 1.54) is 19.2 Å². The molecule has 1 rings (SSSR count). The van der Waals surface area contributed by atoms with Gasteiger partial charge in [-0.2, -0.15) is 0 Å². The average molecular weight is 295 g/mol. The number of halogens is 1. The monoisotopic (exact) mass is 295 g/mol. The van der Waals surface area contributed by atoms with Crippen molar-refractivity contribution in [1.29, 1.82) is 0 Å². The molecule has 0 bridgehead atoms. The molecule has 0 saturated heterocycles. The summed E-state index contributed by atoms with van der Waals surface area (Å²) in [5.41, 5.74) is 0.975. The van der Waals surface area contributed by atoms with Crippen LogP contribution in [0.3, 0.4) is 0 Å². The molecule has 1 atom stereocenters. The summed E-state index contributed by atoms with van der Waals surface area (Å²) in [4.78, 5) is 17.4. The minimum atomic E-state index is -0.265. The standard InChI is InChI=1S/C15H22FN3O2/c1-11(14(20)21-4)9-18-15(17-2)19(3)10-12-5-7-13(16)8-6-12/h5-8,11H,9-10H2,1-4H3,(H,17,18). The van der Waals surface area contributed by atoms with Gasteiger partial charge in [0.05, 0.1) is 13.0 Å². The van der Waals surface area contributed by atoms with Gasteiger partial charge in [-0.05, 0) is 17.7 Å². The summed E-state index contributed by atoms with van der Waals surface area (Å²) in [6.45, 7) is 2.81. The van der Waals surface area contributed by atoms with E-state index in [-0.39, 0.29) is 17.7 Å². The third-order valence-corrected chi connectivity index (χ3v) is 3.08. The highest BCUT2D eigenvalue weighted by Crippen LogP contribution is 2.06. The van der Waals surface area contributed by atoms with E-state index in [9.17, 15) is 9.18 Å². The topological polar surface area (TPSA) is 53.9 Å². The highest BCUT2D eigenvalue weighted by atomic mass is 19.1. The van der Waals surface area contributed by atoms with Gasteiger partial charge in [-0.1, -0.05) is 19.1 Å². The lowest BCUT2D eigenvalue weighted by atomic mass is 10.2. The Morgan fingerprint density at radius 1 is 1.43 bits per heavy atom. The Bertz CT molecular complexity index is 488. The number of nitrogens with one attached hydrogen (secondary N) is 1. The zero-order valence-corrected chi connectivity index (χ0v) is 12.9. The van der Waals surface area contributed by atoms with E-state index < -0.39 is 0 Å². The number of carbonyl (C=O) groups is 1. The fourth-order valence-corrected chi connectivity index (χ4v) is 1.85. The number of hydrogen-bond donors (Lipinski definition) is 1. The lowest BCUT2D eigenvalue weighted by molar-refractivity contribution is -0.144. The fourth-order valence-electron chi connectivity index (χ4n) is 1.85. The molecule has 0 radical (unpaired) electrons. The molecule has 1 aromatic carbocycles. The number of aliphatic imine (C=N–C) groups is 1. The molecule has 0 aliphatic carbocycles. The van der Waals surface area contributed by atoms with Gasteiger partial charge in [-0.15, -0.1) is 0 Å². The molecule has 21 heavy (non-hydrogen) atoms. The van der Waals surface area contributed by atoms with E-state index in [0.717, 1.165) is 5.56 Å². The molecule has 0 aliphatic rings. The molecule has 0 heterocycles. The molecule has 0 aliphatic heterocycles. The molecular formula is C15H22FN3O2. The van der Waals surface area contributed by atoms with Gasteiger partial charge in [0.15, 0.2) is 5.96 Å². The summed E-state index contributed by atoms with van der Waals surface area (Å²) in [6, 6.07) is 6.32. The minimum Gasteiger partial charge on any atom is -0.469 e. The predicted molar refractivity (Wildman–Crippen MR) is 80.4 cm³/mol. The molecule has 0 fully saturated rings. The van der Waals surface area contributed by atoms with E-state index in [1.54, 1.807) is 26.1 Å². The van der Waals surface area contributed by atoms with Crippen LogP contribution in [0.5, 0.6) is 0 Å². The van der Waals surface area contributed by atoms with Gasteiger partial charge < -0.3 is 15.0 Å². The molecule has 1 N–H and O–H groups in total. The summed E-state index contributed by atoms with van der Waals surface area (Å²) in [5, 5.41) is 3.12. The smallest absolute Gasteiger partial charge is 0.310 e. The largest absolute Gasteiger partial charge is 0.469 e. The van der Waals surface area contributed by atoms with Crippen LogP contribution in [0.25, 0.3) is 0 Å². The molecule has 116 valence electrons. The van der Waals surface area contributed by atoms with E-state index in [4.69, 9.17) is 0 Å². The second-order valence-electron chi connectivity index (χ2n) is 4.83. The molecule has 0 spiro atoms. The third kappa shape index (κ3) is 5.41. The molecule has 5 nitrogen and oxygen atoms in total. The Hall–Kier alpha value is -2.11. The van der Waals surface area contributed by atoms with Crippen LogP contribution in [0, 0.1) is 11.7 Å². The summed E-state index contributed by atoms with van der Waals surface area (Å²) >= 11 is 0. The summed E-state index contributed by atoms with van der Waals surface area (Å²) < 4.78 is 17.6. The maximum atomic E-state index is 12.9. The van der Waals surface area contributed by atoms with Crippen LogP contribution < -0.4 is 5.32 Å². The predicted octanol–water partition coefficient (Wildman–Crippen LogP) is 1.64. The van der Waals surface area contributed by atoms with E-state index in [0.29, 0.717) is 19.0 Å². The first-order chi connectivity index (χ1) is 9.97. The van der Waals surface area contributed by atoms with Crippen LogP contribution in [0.1, 0.15) is 12.5 Å². The maximum Gasteiger partial charge on any atom is 0.310 e. The highest BCUT2D eigenvalue weighted by molar-refractivity contribution is 5.80. The Kier molecular flexibility index (Phi) is 6.65. The summed E-state index contributed by atoms with van der Waals surface area (Å²) in [6.07, 6.45) is 0. The van der Waals surface area contributed by atoms with Crippen molar-refractivity contribution in [3.63, 3.8) is 0 Å². The zero-order valence-electron chi connectivity index (χ0n) is 12.9. The van der Waals surface area contributed by atoms with Crippen LogP contribution in [0.4, 0.5) is 4.39 Å². The maximum absolute atomic E-state index is 12.9. The number of nitrogens with zero attached hydrogens (tertiary/aromatic N) is 2. The van der Waals surface area contributed by atoms with Crippen molar-refractivity contribution in [1.82, 2.24) is 10.2 Å². The van der Waals surface area contributed by atoms with Crippen LogP contribution in [-0.2, 0) is 16.1 Å².